The number of carbonyl (C=O) groups excluding carboxylic acids is 1. The van der Waals surface area contributed by atoms with Crippen molar-refractivity contribution in [1.29, 1.82) is 0 Å². The lowest BCUT2D eigenvalue weighted by molar-refractivity contribution is -0.139. The molecule has 0 aliphatic heterocycles. The van der Waals surface area contributed by atoms with E-state index in [1.54, 1.807) is 0 Å². The fourth-order valence-corrected chi connectivity index (χ4v) is 1.52. The molecular formula is C14H18O2. The molecule has 0 aliphatic rings. The summed E-state index contributed by atoms with van der Waals surface area (Å²) in [4.78, 5) is 10.7. The van der Waals surface area contributed by atoms with Crippen molar-refractivity contribution in [3.05, 3.63) is 41.0 Å². The van der Waals surface area contributed by atoms with Gasteiger partial charge in [-0.25, -0.2) is 0 Å². The Kier molecular flexibility index (Phi) is 4.77. The van der Waals surface area contributed by atoms with Crippen molar-refractivity contribution in [3.8, 4) is 0 Å². The Morgan fingerprint density at radius 2 is 2.00 bits per heavy atom. The fraction of sp³-hybridized carbons (Fsp3) is 0.357. The van der Waals surface area contributed by atoms with Crippen molar-refractivity contribution >= 4 is 12.0 Å². The summed E-state index contributed by atoms with van der Waals surface area (Å²) in [5.41, 5.74) is 3.57. The van der Waals surface area contributed by atoms with Crippen LogP contribution in [0.25, 0.3) is 6.08 Å². The highest BCUT2D eigenvalue weighted by molar-refractivity contribution is 5.66. The first-order chi connectivity index (χ1) is 7.63. The van der Waals surface area contributed by atoms with Crippen LogP contribution in [0.4, 0.5) is 0 Å². The molecule has 2 nitrogen and oxygen atoms in total. The zero-order valence-electron chi connectivity index (χ0n) is 10.1. The van der Waals surface area contributed by atoms with Gasteiger partial charge in [-0.3, -0.25) is 4.79 Å². The van der Waals surface area contributed by atoms with E-state index in [1.165, 1.54) is 18.1 Å². The van der Waals surface area contributed by atoms with Gasteiger partial charge in [0.05, 0.1) is 0 Å². The summed E-state index contributed by atoms with van der Waals surface area (Å²) in [6.07, 6.45) is 3.08. The van der Waals surface area contributed by atoms with E-state index in [2.05, 4.69) is 25.1 Å². The van der Waals surface area contributed by atoms with Crippen molar-refractivity contribution in [2.24, 2.45) is 0 Å². The van der Waals surface area contributed by atoms with Crippen LogP contribution in [-0.2, 0) is 16.0 Å². The van der Waals surface area contributed by atoms with Crippen molar-refractivity contribution in [1.82, 2.24) is 0 Å². The summed E-state index contributed by atoms with van der Waals surface area (Å²) in [6, 6.07) is 8.25. The molecule has 0 bridgehead atoms. The summed E-state index contributed by atoms with van der Waals surface area (Å²) in [5, 5.41) is 0. The first-order valence-electron chi connectivity index (χ1n) is 5.52. The third-order valence-electron chi connectivity index (χ3n) is 2.34. The van der Waals surface area contributed by atoms with Crippen LogP contribution >= 0.6 is 0 Å². The third kappa shape index (κ3) is 3.89. The van der Waals surface area contributed by atoms with Crippen LogP contribution in [0.3, 0.4) is 0 Å². The van der Waals surface area contributed by atoms with E-state index >= 15 is 0 Å². The molecule has 2 heteroatoms. The van der Waals surface area contributed by atoms with Crippen molar-refractivity contribution in [2.45, 2.75) is 27.2 Å². The molecule has 0 saturated heterocycles. The number of rotatable bonds is 4. The minimum Gasteiger partial charge on any atom is -0.461 e. The first kappa shape index (κ1) is 12.5. The molecule has 1 aromatic carbocycles. The lowest BCUT2D eigenvalue weighted by Crippen LogP contribution is -2.01. The second-order valence-corrected chi connectivity index (χ2v) is 3.82. The quantitative estimate of drug-likeness (QED) is 0.725. The van der Waals surface area contributed by atoms with Crippen LogP contribution in [0.2, 0.25) is 0 Å². The predicted molar refractivity (Wildman–Crippen MR) is 66.1 cm³/mol. The molecule has 0 aliphatic carbocycles. The van der Waals surface area contributed by atoms with Gasteiger partial charge >= 0.3 is 5.97 Å². The first-order valence-corrected chi connectivity index (χ1v) is 5.52. The molecule has 0 amide bonds. The molecule has 0 spiro atoms. The van der Waals surface area contributed by atoms with Crippen LogP contribution in [0.5, 0.6) is 0 Å². The van der Waals surface area contributed by atoms with Crippen LogP contribution < -0.4 is 0 Å². The molecule has 0 heterocycles. The molecule has 0 radical (unpaired) electrons. The van der Waals surface area contributed by atoms with E-state index in [0.29, 0.717) is 6.61 Å². The Hall–Kier alpha value is -1.57. The van der Waals surface area contributed by atoms with E-state index in [0.717, 1.165) is 12.0 Å². The largest absolute Gasteiger partial charge is 0.461 e. The predicted octanol–water partition coefficient (Wildman–Crippen LogP) is 3.22. The highest BCUT2D eigenvalue weighted by Crippen LogP contribution is 2.13. The van der Waals surface area contributed by atoms with E-state index in [4.69, 9.17) is 4.74 Å². The summed E-state index contributed by atoms with van der Waals surface area (Å²) < 4.78 is 4.94. The maximum atomic E-state index is 10.7. The van der Waals surface area contributed by atoms with Gasteiger partial charge in [-0.05, 0) is 30.0 Å². The molecule has 0 N–H and O–H groups in total. The Bertz CT molecular complexity index is 391. The smallest absolute Gasteiger partial charge is 0.302 e. The molecule has 1 aromatic rings. The summed E-state index contributed by atoms with van der Waals surface area (Å²) in [6.45, 7) is 5.89. The minimum absolute atomic E-state index is 0.239. The van der Waals surface area contributed by atoms with Gasteiger partial charge in [0.2, 0.25) is 0 Å². The average Bonchev–Trinajstić information content (AvgIpc) is 2.27. The number of ether oxygens (including phenoxy) is 1. The SMILES string of the molecule is CCc1ccccc1C=C(C)COC(C)=O. The number of hydrogen-bond donors (Lipinski definition) is 0. The lowest BCUT2D eigenvalue weighted by atomic mass is 10.0. The van der Waals surface area contributed by atoms with Gasteiger partial charge in [0.25, 0.3) is 0 Å². The Morgan fingerprint density at radius 1 is 1.31 bits per heavy atom. The molecule has 0 aromatic heterocycles. The minimum atomic E-state index is -0.239. The van der Waals surface area contributed by atoms with Crippen molar-refractivity contribution in [3.63, 3.8) is 0 Å². The van der Waals surface area contributed by atoms with Crippen LogP contribution in [0, 0.1) is 0 Å². The van der Waals surface area contributed by atoms with E-state index in [1.807, 2.05) is 19.1 Å². The van der Waals surface area contributed by atoms with Gasteiger partial charge in [-0.15, -0.1) is 0 Å². The van der Waals surface area contributed by atoms with Crippen molar-refractivity contribution < 1.29 is 9.53 Å². The van der Waals surface area contributed by atoms with Crippen LogP contribution in [0.15, 0.2) is 29.8 Å². The number of esters is 1. The molecule has 1 rings (SSSR count). The van der Waals surface area contributed by atoms with Gasteiger partial charge in [0.1, 0.15) is 6.61 Å². The van der Waals surface area contributed by atoms with Gasteiger partial charge in [-0.2, -0.15) is 0 Å². The second-order valence-electron chi connectivity index (χ2n) is 3.82. The summed E-state index contributed by atoms with van der Waals surface area (Å²) in [5.74, 6) is -0.239. The number of benzene rings is 1. The van der Waals surface area contributed by atoms with E-state index in [-0.39, 0.29) is 5.97 Å². The number of hydrogen-bond acceptors (Lipinski definition) is 2. The standard InChI is InChI=1S/C14H18O2/c1-4-13-7-5-6-8-14(13)9-11(2)10-16-12(3)15/h5-9H,4,10H2,1-3H3. The zero-order chi connectivity index (χ0) is 12.0. The zero-order valence-corrected chi connectivity index (χ0v) is 10.1. The molecule has 0 fully saturated rings. The highest BCUT2D eigenvalue weighted by atomic mass is 16.5. The molecule has 0 saturated carbocycles. The Morgan fingerprint density at radius 3 is 2.62 bits per heavy atom. The topological polar surface area (TPSA) is 26.3 Å². The van der Waals surface area contributed by atoms with Crippen LogP contribution in [0.1, 0.15) is 31.9 Å². The van der Waals surface area contributed by atoms with Gasteiger partial charge < -0.3 is 4.74 Å². The normalized spacial score (nSPS) is 11.3. The maximum absolute atomic E-state index is 10.7. The van der Waals surface area contributed by atoms with Gasteiger partial charge in [0.15, 0.2) is 0 Å². The number of aryl methyl sites for hydroxylation is 1. The van der Waals surface area contributed by atoms with Gasteiger partial charge in [0, 0.05) is 6.92 Å². The van der Waals surface area contributed by atoms with Crippen LogP contribution in [-0.4, -0.2) is 12.6 Å². The van der Waals surface area contributed by atoms with E-state index in [9.17, 15) is 4.79 Å². The second kappa shape index (κ2) is 6.11. The molecule has 16 heavy (non-hydrogen) atoms. The monoisotopic (exact) mass is 218 g/mol. The Balaban J connectivity index is 2.76. The van der Waals surface area contributed by atoms with Gasteiger partial charge in [-0.1, -0.05) is 37.3 Å². The Labute approximate surface area is 96.9 Å². The van der Waals surface area contributed by atoms with E-state index < -0.39 is 0 Å². The molecule has 86 valence electrons. The fourth-order valence-electron chi connectivity index (χ4n) is 1.52. The maximum Gasteiger partial charge on any atom is 0.302 e. The molecular weight excluding hydrogens is 200 g/mol. The summed E-state index contributed by atoms with van der Waals surface area (Å²) in [7, 11) is 0. The molecule has 0 unspecified atom stereocenters. The summed E-state index contributed by atoms with van der Waals surface area (Å²) >= 11 is 0. The highest BCUT2D eigenvalue weighted by Gasteiger charge is 1.99. The number of carbonyl (C=O) groups is 1. The lowest BCUT2D eigenvalue weighted by Gasteiger charge is -2.05. The third-order valence-corrected chi connectivity index (χ3v) is 2.34. The van der Waals surface area contributed by atoms with Crippen molar-refractivity contribution in [2.75, 3.05) is 6.61 Å². The molecule has 0 atom stereocenters. The average molecular weight is 218 g/mol.